The Kier molecular flexibility index (Phi) is 4.62. The van der Waals surface area contributed by atoms with Gasteiger partial charge in [0.2, 0.25) is 5.95 Å². The summed E-state index contributed by atoms with van der Waals surface area (Å²) >= 11 is 0. The fraction of sp³-hybridized carbons (Fsp3) is 0.375. The minimum atomic E-state index is 0.330. The predicted molar refractivity (Wildman–Crippen MR) is 88.5 cm³/mol. The summed E-state index contributed by atoms with van der Waals surface area (Å²) in [6, 6.07) is 10.2. The molecule has 1 aromatic heterocycles. The van der Waals surface area contributed by atoms with Gasteiger partial charge in [-0.05, 0) is 37.6 Å². The monoisotopic (exact) mass is 285 g/mol. The molecule has 112 valence electrons. The summed E-state index contributed by atoms with van der Waals surface area (Å²) in [5, 5.41) is 0. The molecule has 2 aromatic rings. The molecule has 0 radical (unpaired) electrons. The van der Waals surface area contributed by atoms with Crippen LogP contribution in [0.1, 0.15) is 19.4 Å². The molecule has 1 aromatic carbocycles. The molecule has 0 spiro atoms. The fourth-order valence-electron chi connectivity index (χ4n) is 2.13. The van der Waals surface area contributed by atoms with E-state index in [4.69, 9.17) is 5.73 Å². The number of hydrogen-bond donors (Lipinski definition) is 1. The maximum Gasteiger partial charge on any atom is 0.226 e. The Bertz CT molecular complexity index is 595. The van der Waals surface area contributed by atoms with E-state index >= 15 is 0 Å². The number of rotatable bonds is 5. The van der Waals surface area contributed by atoms with Crippen LogP contribution in [0.5, 0.6) is 0 Å². The lowest BCUT2D eigenvalue weighted by Gasteiger charge is -2.28. The molecule has 0 unspecified atom stereocenters. The van der Waals surface area contributed by atoms with E-state index in [-0.39, 0.29) is 0 Å². The molecular weight excluding hydrogens is 262 g/mol. The van der Waals surface area contributed by atoms with E-state index in [0.717, 1.165) is 18.1 Å². The Morgan fingerprint density at radius 2 is 1.95 bits per heavy atom. The van der Waals surface area contributed by atoms with Crippen molar-refractivity contribution < 1.29 is 0 Å². The second-order valence-corrected chi connectivity index (χ2v) is 5.58. The van der Waals surface area contributed by atoms with Gasteiger partial charge < -0.3 is 15.5 Å². The van der Waals surface area contributed by atoms with Gasteiger partial charge in [-0.15, -0.1) is 0 Å². The van der Waals surface area contributed by atoms with Crippen LogP contribution in [0.25, 0.3) is 0 Å². The van der Waals surface area contributed by atoms with Crippen molar-refractivity contribution in [2.45, 2.75) is 26.4 Å². The molecule has 21 heavy (non-hydrogen) atoms. The largest absolute Gasteiger partial charge is 0.399 e. The van der Waals surface area contributed by atoms with Gasteiger partial charge in [0, 0.05) is 38.6 Å². The van der Waals surface area contributed by atoms with E-state index in [2.05, 4.69) is 34.8 Å². The molecule has 1 heterocycles. The molecule has 0 aliphatic carbocycles. The maximum absolute atomic E-state index is 5.86. The molecule has 0 fully saturated rings. The first kappa shape index (κ1) is 15.1. The van der Waals surface area contributed by atoms with Gasteiger partial charge in [0.25, 0.3) is 0 Å². The number of nitrogen functional groups attached to an aromatic ring is 1. The van der Waals surface area contributed by atoms with Crippen LogP contribution in [0.15, 0.2) is 36.5 Å². The molecule has 0 bridgehead atoms. The molecule has 2 rings (SSSR count). The second-order valence-electron chi connectivity index (χ2n) is 5.58. The van der Waals surface area contributed by atoms with Crippen LogP contribution in [0.2, 0.25) is 0 Å². The summed E-state index contributed by atoms with van der Waals surface area (Å²) in [6.07, 6.45) is 1.80. The summed E-state index contributed by atoms with van der Waals surface area (Å²) in [6.45, 7) is 5.08. The summed E-state index contributed by atoms with van der Waals surface area (Å²) in [4.78, 5) is 13.0. The molecule has 0 aliphatic rings. The Balaban J connectivity index is 2.29. The van der Waals surface area contributed by atoms with Crippen molar-refractivity contribution in [2.75, 3.05) is 29.6 Å². The fourth-order valence-corrected chi connectivity index (χ4v) is 2.13. The topological polar surface area (TPSA) is 58.3 Å². The standard InChI is InChI=1S/C16H23N5/c1-12(2)21(11-13-6-5-7-14(17)10-13)15-8-9-18-16(19-15)20(3)4/h5-10,12H,11,17H2,1-4H3. The normalized spacial score (nSPS) is 10.7. The van der Waals surface area contributed by atoms with Gasteiger partial charge in [0.15, 0.2) is 0 Å². The molecule has 0 saturated heterocycles. The Morgan fingerprint density at radius 3 is 2.57 bits per heavy atom. The highest BCUT2D eigenvalue weighted by Gasteiger charge is 2.14. The highest BCUT2D eigenvalue weighted by atomic mass is 15.3. The van der Waals surface area contributed by atoms with Gasteiger partial charge in [-0.1, -0.05) is 12.1 Å². The van der Waals surface area contributed by atoms with Gasteiger partial charge in [0.1, 0.15) is 5.82 Å². The molecule has 2 N–H and O–H groups in total. The van der Waals surface area contributed by atoms with Gasteiger partial charge in [-0.25, -0.2) is 4.98 Å². The molecule has 0 aliphatic heterocycles. The van der Waals surface area contributed by atoms with E-state index < -0.39 is 0 Å². The number of anilines is 3. The van der Waals surface area contributed by atoms with Gasteiger partial charge >= 0.3 is 0 Å². The van der Waals surface area contributed by atoms with Crippen molar-refractivity contribution in [3.05, 3.63) is 42.1 Å². The summed E-state index contributed by atoms with van der Waals surface area (Å²) in [5.74, 6) is 1.64. The zero-order valence-corrected chi connectivity index (χ0v) is 13.1. The lowest BCUT2D eigenvalue weighted by atomic mass is 10.1. The lowest BCUT2D eigenvalue weighted by molar-refractivity contribution is 0.671. The van der Waals surface area contributed by atoms with Crippen LogP contribution >= 0.6 is 0 Å². The first-order chi connectivity index (χ1) is 9.97. The van der Waals surface area contributed by atoms with Gasteiger partial charge in [-0.3, -0.25) is 0 Å². The zero-order chi connectivity index (χ0) is 15.4. The van der Waals surface area contributed by atoms with Crippen molar-refractivity contribution in [1.82, 2.24) is 9.97 Å². The third kappa shape index (κ3) is 3.84. The van der Waals surface area contributed by atoms with Crippen molar-refractivity contribution in [1.29, 1.82) is 0 Å². The second kappa shape index (κ2) is 6.43. The summed E-state index contributed by atoms with van der Waals surface area (Å²) in [7, 11) is 3.88. The smallest absolute Gasteiger partial charge is 0.226 e. The number of hydrogen-bond acceptors (Lipinski definition) is 5. The van der Waals surface area contributed by atoms with Crippen LogP contribution in [0.4, 0.5) is 17.5 Å². The van der Waals surface area contributed by atoms with E-state index in [1.54, 1.807) is 6.20 Å². The third-order valence-electron chi connectivity index (χ3n) is 3.25. The quantitative estimate of drug-likeness (QED) is 0.856. The summed E-state index contributed by atoms with van der Waals surface area (Å²) < 4.78 is 0. The number of nitrogens with zero attached hydrogens (tertiary/aromatic N) is 4. The molecule has 0 amide bonds. The van der Waals surface area contributed by atoms with Crippen LogP contribution in [0, 0.1) is 0 Å². The highest BCUT2D eigenvalue weighted by molar-refractivity contribution is 5.46. The Labute approximate surface area is 126 Å². The molecule has 0 saturated carbocycles. The minimum Gasteiger partial charge on any atom is -0.399 e. The van der Waals surface area contributed by atoms with Crippen LogP contribution in [0.3, 0.4) is 0 Å². The molecule has 5 heteroatoms. The van der Waals surface area contributed by atoms with Crippen molar-refractivity contribution in [3.63, 3.8) is 0 Å². The highest BCUT2D eigenvalue weighted by Crippen LogP contribution is 2.20. The minimum absolute atomic E-state index is 0.330. The first-order valence-corrected chi connectivity index (χ1v) is 7.09. The number of aromatic nitrogens is 2. The van der Waals surface area contributed by atoms with Crippen LogP contribution in [-0.4, -0.2) is 30.1 Å². The van der Waals surface area contributed by atoms with Gasteiger partial charge in [-0.2, -0.15) is 4.98 Å². The van der Waals surface area contributed by atoms with E-state index in [1.807, 2.05) is 43.3 Å². The maximum atomic E-state index is 5.86. The van der Waals surface area contributed by atoms with Crippen molar-refractivity contribution >= 4 is 17.5 Å². The average molecular weight is 285 g/mol. The van der Waals surface area contributed by atoms with E-state index in [1.165, 1.54) is 5.56 Å². The first-order valence-electron chi connectivity index (χ1n) is 7.09. The van der Waals surface area contributed by atoms with Crippen molar-refractivity contribution in [2.24, 2.45) is 0 Å². The zero-order valence-electron chi connectivity index (χ0n) is 13.1. The molecule has 5 nitrogen and oxygen atoms in total. The Morgan fingerprint density at radius 1 is 1.19 bits per heavy atom. The predicted octanol–water partition coefficient (Wildman–Crippen LogP) is 2.54. The SMILES string of the molecule is CC(C)N(Cc1cccc(N)c1)c1ccnc(N(C)C)n1. The van der Waals surface area contributed by atoms with Crippen molar-refractivity contribution in [3.8, 4) is 0 Å². The third-order valence-corrected chi connectivity index (χ3v) is 3.25. The van der Waals surface area contributed by atoms with Crippen LogP contribution in [-0.2, 0) is 6.54 Å². The number of benzene rings is 1. The summed E-state index contributed by atoms with van der Waals surface area (Å²) in [5.41, 5.74) is 7.82. The lowest BCUT2D eigenvalue weighted by Crippen LogP contribution is -2.31. The molecular formula is C16H23N5. The molecule has 0 atom stereocenters. The van der Waals surface area contributed by atoms with Crippen LogP contribution < -0.4 is 15.5 Å². The van der Waals surface area contributed by atoms with Gasteiger partial charge in [0.05, 0.1) is 0 Å². The van der Waals surface area contributed by atoms with E-state index in [9.17, 15) is 0 Å². The number of nitrogens with two attached hydrogens (primary N) is 1. The Hall–Kier alpha value is -2.30. The van der Waals surface area contributed by atoms with E-state index in [0.29, 0.717) is 12.0 Å². The average Bonchev–Trinajstić information content (AvgIpc) is 2.44.